The lowest BCUT2D eigenvalue weighted by Gasteiger charge is -1.95. The second-order valence-corrected chi connectivity index (χ2v) is 3.88. The van der Waals surface area contributed by atoms with Crippen molar-refractivity contribution >= 4 is 0 Å². The lowest BCUT2D eigenvalue weighted by Crippen LogP contribution is -1.93. The second-order valence-electron chi connectivity index (χ2n) is 3.88. The summed E-state index contributed by atoms with van der Waals surface area (Å²) in [6, 6.07) is 8.77. The number of rotatable bonds is 3. The average molecular weight is 254 g/mol. The van der Waals surface area contributed by atoms with Gasteiger partial charge in [-0.25, -0.2) is 4.98 Å². The molecule has 0 fully saturated rings. The van der Waals surface area contributed by atoms with Gasteiger partial charge in [-0.2, -0.15) is 4.98 Å². The van der Waals surface area contributed by atoms with E-state index in [1.807, 2.05) is 18.2 Å². The molecule has 0 saturated carbocycles. The molecule has 0 aromatic carbocycles. The molecule has 0 bridgehead atoms. The van der Waals surface area contributed by atoms with Crippen LogP contribution in [0.25, 0.3) is 11.6 Å². The Morgan fingerprint density at radius 1 is 1.05 bits per heavy atom. The summed E-state index contributed by atoms with van der Waals surface area (Å²) in [5.41, 5.74) is 1.13. The molecule has 0 radical (unpaired) electrons. The highest BCUT2D eigenvalue weighted by molar-refractivity contribution is 5.55. The summed E-state index contributed by atoms with van der Waals surface area (Å²) in [5, 5.41) is 13.5. The fraction of sp³-hybridized carbons (Fsp3) is 0.0769. The highest BCUT2D eigenvalue weighted by atomic mass is 16.5. The zero-order valence-corrected chi connectivity index (χ0v) is 9.89. The van der Waals surface area contributed by atoms with E-state index >= 15 is 0 Å². The molecule has 0 aliphatic carbocycles. The van der Waals surface area contributed by atoms with E-state index in [1.54, 1.807) is 18.5 Å². The first-order valence-corrected chi connectivity index (χ1v) is 5.70. The maximum absolute atomic E-state index is 9.66. The molecule has 6 nitrogen and oxygen atoms in total. The van der Waals surface area contributed by atoms with Crippen LogP contribution >= 0.6 is 0 Å². The van der Waals surface area contributed by atoms with Crippen LogP contribution in [0.2, 0.25) is 0 Å². The van der Waals surface area contributed by atoms with E-state index in [0.29, 0.717) is 12.2 Å². The van der Waals surface area contributed by atoms with E-state index < -0.39 is 0 Å². The summed E-state index contributed by atoms with van der Waals surface area (Å²) in [4.78, 5) is 12.4. The van der Waals surface area contributed by atoms with Crippen molar-refractivity contribution in [2.45, 2.75) is 6.42 Å². The number of aromatic hydroxyl groups is 1. The minimum absolute atomic E-state index is 0.00976. The first-order valence-electron chi connectivity index (χ1n) is 5.70. The van der Waals surface area contributed by atoms with Crippen molar-refractivity contribution in [2.24, 2.45) is 0 Å². The van der Waals surface area contributed by atoms with Gasteiger partial charge in [0.25, 0.3) is 5.89 Å². The van der Waals surface area contributed by atoms with E-state index in [0.717, 1.165) is 5.69 Å². The number of nitrogens with zero attached hydrogens (tertiary/aromatic N) is 4. The Morgan fingerprint density at radius 2 is 1.95 bits per heavy atom. The van der Waals surface area contributed by atoms with Gasteiger partial charge in [0.15, 0.2) is 11.5 Å². The summed E-state index contributed by atoms with van der Waals surface area (Å²) >= 11 is 0. The fourth-order valence-corrected chi connectivity index (χ4v) is 1.65. The molecular formula is C13H10N4O2. The van der Waals surface area contributed by atoms with Gasteiger partial charge in [0.2, 0.25) is 0 Å². The van der Waals surface area contributed by atoms with Gasteiger partial charge >= 0.3 is 0 Å². The van der Waals surface area contributed by atoms with Crippen LogP contribution in [-0.2, 0) is 6.42 Å². The molecule has 0 amide bonds. The topological polar surface area (TPSA) is 84.9 Å². The molecular weight excluding hydrogens is 244 g/mol. The Bertz CT molecular complexity index is 682. The summed E-state index contributed by atoms with van der Waals surface area (Å²) < 4.78 is 5.09. The largest absolute Gasteiger partial charge is 0.505 e. The third-order valence-corrected chi connectivity index (χ3v) is 2.52. The maximum atomic E-state index is 9.66. The van der Waals surface area contributed by atoms with Crippen LogP contribution in [0.4, 0.5) is 0 Å². The van der Waals surface area contributed by atoms with Gasteiger partial charge in [-0.3, -0.25) is 4.98 Å². The summed E-state index contributed by atoms with van der Waals surface area (Å²) in [6.07, 6.45) is 3.73. The monoisotopic (exact) mass is 254 g/mol. The normalized spacial score (nSPS) is 10.5. The van der Waals surface area contributed by atoms with Crippen LogP contribution in [0.1, 0.15) is 11.5 Å². The van der Waals surface area contributed by atoms with Crippen molar-refractivity contribution in [3.8, 4) is 17.3 Å². The molecule has 0 atom stereocenters. The molecule has 3 rings (SSSR count). The van der Waals surface area contributed by atoms with Gasteiger partial charge < -0.3 is 9.63 Å². The quantitative estimate of drug-likeness (QED) is 0.767. The van der Waals surface area contributed by atoms with Gasteiger partial charge in [-0.15, -0.1) is 0 Å². The first-order chi connectivity index (χ1) is 9.33. The van der Waals surface area contributed by atoms with Crippen molar-refractivity contribution in [1.82, 2.24) is 20.1 Å². The van der Waals surface area contributed by atoms with Crippen molar-refractivity contribution < 1.29 is 9.63 Å². The Kier molecular flexibility index (Phi) is 2.89. The average Bonchev–Trinajstić information content (AvgIpc) is 2.89. The summed E-state index contributed by atoms with van der Waals surface area (Å²) in [7, 11) is 0. The Hall–Kier alpha value is -2.76. The van der Waals surface area contributed by atoms with Crippen LogP contribution in [0, 0.1) is 0 Å². The molecule has 0 unspecified atom stereocenters. The van der Waals surface area contributed by atoms with E-state index in [4.69, 9.17) is 4.52 Å². The van der Waals surface area contributed by atoms with Crippen molar-refractivity contribution in [2.75, 3.05) is 0 Å². The molecule has 94 valence electrons. The summed E-state index contributed by atoms with van der Waals surface area (Å²) in [5.74, 6) is 0.707. The molecule has 3 heterocycles. The molecule has 1 N–H and O–H groups in total. The van der Waals surface area contributed by atoms with Crippen LogP contribution in [0.15, 0.2) is 47.2 Å². The van der Waals surface area contributed by atoms with E-state index in [1.165, 1.54) is 6.07 Å². The molecule has 6 heteroatoms. The Morgan fingerprint density at radius 3 is 2.74 bits per heavy atom. The van der Waals surface area contributed by atoms with Gasteiger partial charge in [0, 0.05) is 18.1 Å². The van der Waals surface area contributed by atoms with Gasteiger partial charge in [-0.1, -0.05) is 11.2 Å². The molecule has 0 aliphatic rings. The maximum Gasteiger partial charge on any atom is 0.280 e. The van der Waals surface area contributed by atoms with Crippen LogP contribution in [0.3, 0.4) is 0 Å². The molecule has 3 aromatic rings. The fourth-order valence-electron chi connectivity index (χ4n) is 1.65. The zero-order chi connectivity index (χ0) is 13.1. The van der Waals surface area contributed by atoms with Crippen molar-refractivity contribution in [3.05, 3.63) is 54.2 Å². The third kappa shape index (κ3) is 2.42. The van der Waals surface area contributed by atoms with Gasteiger partial charge in [0.1, 0.15) is 5.75 Å². The molecule has 3 aromatic heterocycles. The van der Waals surface area contributed by atoms with E-state index in [-0.39, 0.29) is 17.3 Å². The highest BCUT2D eigenvalue weighted by Crippen LogP contribution is 2.24. The smallest absolute Gasteiger partial charge is 0.280 e. The van der Waals surface area contributed by atoms with Gasteiger partial charge in [0.05, 0.1) is 6.42 Å². The van der Waals surface area contributed by atoms with Crippen LogP contribution < -0.4 is 0 Å². The number of aromatic nitrogens is 4. The lowest BCUT2D eigenvalue weighted by molar-refractivity contribution is 0.416. The lowest BCUT2D eigenvalue weighted by atomic mass is 10.2. The van der Waals surface area contributed by atoms with Crippen molar-refractivity contribution in [3.63, 3.8) is 0 Å². The standard InChI is InChI=1S/C13H10N4O2/c18-10-5-3-7-15-12(10)13-16-11(17-19-13)8-9-4-1-2-6-14-9/h1-7,18H,8H2. The number of hydrogen-bond donors (Lipinski definition) is 1. The van der Waals surface area contributed by atoms with E-state index in [2.05, 4.69) is 20.1 Å². The number of hydrogen-bond acceptors (Lipinski definition) is 6. The van der Waals surface area contributed by atoms with Crippen molar-refractivity contribution in [1.29, 1.82) is 0 Å². The van der Waals surface area contributed by atoms with Crippen LogP contribution in [-0.4, -0.2) is 25.2 Å². The predicted octanol–water partition coefficient (Wildman–Crippen LogP) is 1.82. The molecule has 19 heavy (non-hydrogen) atoms. The Labute approximate surface area is 108 Å². The van der Waals surface area contributed by atoms with E-state index in [9.17, 15) is 5.11 Å². The summed E-state index contributed by atoms with van der Waals surface area (Å²) in [6.45, 7) is 0. The zero-order valence-electron chi connectivity index (χ0n) is 9.89. The SMILES string of the molecule is Oc1cccnc1-c1nc(Cc2ccccn2)no1. The number of pyridine rings is 2. The minimum Gasteiger partial charge on any atom is -0.505 e. The molecule has 0 spiro atoms. The molecule has 0 saturated heterocycles. The first kappa shape index (κ1) is 11.3. The third-order valence-electron chi connectivity index (χ3n) is 2.52. The highest BCUT2D eigenvalue weighted by Gasteiger charge is 2.14. The van der Waals surface area contributed by atoms with Gasteiger partial charge in [-0.05, 0) is 24.3 Å². The second kappa shape index (κ2) is 4.85. The minimum atomic E-state index is 0.00976. The predicted molar refractivity (Wildman–Crippen MR) is 66.2 cm³/mol. The van der Waals surface area contributed by atoms with Crippen LogP contribution in [0.5, 0.6) is 5.75 Å². The Balaban J connectivity index is 1.86. The molecule has 0 aliphatic heterocycles.